The number of rotatable bonds is 2. The normalized spacial score (nSPS) is 11.4. The van der Waals surface area contributed by atoms with Gasteiger partial charge in [-0.05, 0) is 26.1 Å². The fourth-order valence-electron chi connectivity index (χ4n) is 0.780. The van der Waals surface area contributed by atoms with Crippen molar-refractivity contribution in [3.05, 3.63) is 29.8 Å². The smallest absolute Gasteiger partial charge is 0.124 e. The van der Waals surface area contributed by atoms with Crippen molar-refractivity contribution in [3.8, 4) is 0 Å². The maximum absolute atomic E-state index is 11.1. The molecule has 0 spiro atoms. The third-order valence-electron chi connectivity index (χ3n) is 1.42. The van der Waals surface area contributed by atoms with Crippen LogP contribution in [0, 0.1) is 6.92 Å². The van der Waals surface area contributed by atoms with Crippen molar-refractivity contribution in [1.29, 1.82) is 0 Å². The van der Waals surface area contributed by atoms with Crippen LogP contribution in [0.2, 0.25) is 0 Å². The van der Waals surface area contributed by atoms with Gasteiger partial charge in [-0.1, -0.05) is 31.5 Å². The lowest BCUT2D eigenvalue weighted by Crippen LogP contribution is -2.10. The van der Waals surface area contributed by atoms with Gasteiger partial charge < -0.3 is 0 Å². The minimum Gasteiger partial charge on any atom is -0.238 e. The number of hydrogen-bond donors (Lipinski definition) is 1. The first-order valence-electron chi connectivity index (χ1n) is 4.40. The van der Waals surface area contributed by atoms with Gasteiger partial charge in [0.15, 0.2) is 0 Å². The van der Waals surface area contributed by atoms with Crippen LogP contribution in [0.4, 0.5) is 0 Å². The van der Waals surface area contributed by atoms with Gasteiger partial charge in [0.1, 0.15) is 11.0 Å². The van der Waals surface area contributed by atoms with Crippen LogP contribution >= 0.6 is 0 Å². The SMILES string of the molecule is CC.CNS(=O)c1ccc(C)cc1. The van der Waals surface area contributed by atoms with Crippen LogP contribution in [0.5, 0.6) is 0 Å². The van der Waals surface area contributed by atoms with Crippen LogP contribution in [0.3, 0.4) is 0 Å². The summed E-state index contributed by atoms with van der Waals surface area (Å²) in [4.78, 5) is 0.818. The highest BCUT2D eigenvalue weighted by Gasteiger charge is 1.97. The molecule has 0 amide bonds. The van der Waals surface area contributed by atoms with Crippen LogP contribution < -0.4 is 4.72 Å². The molecule has 1 aromatic rings. The quantitative estimate of drug-likeness (QED) is 0.777. The summed E-state index contributed by atoms with van der Waals surface area (Å²) in [5, 5.41) is 0. The molecule has 74 valence electrons. The fraction of sp³-hybridized carbons (Fsp3) is 0.400. The number of hydrogen-bond acceptors (Lipinski definition) is 1. The zero-order chi connectivity index (χ0) is 10.3. The van der Waals surface area contributed by atoms with Gasteiger partial charge in [0.25, 0.3) is 0 Å². The molecular formula is C10H17NOS. The Hall–Kier alpha value is -0.670. The highest BCUT2D eigenvalue weighted by Crippen LogP contribution is 2.05. The second kappa shape index (κ2) is 6.80. The van der Waals surface area contributed by atoms with E-state index in [2.05, 4.69) is 4.72 Å². The van der Waals surface area contributed by atoms with E-state index in [1.54, 1.807) is 7.05 Å². The molecule has 3 heteroatoms. The average Bonchev–Trinajstić information content (AvgIpc) is 2.21. The summed E-state index contributed by atoms with van der Waals surface area (Å²) in [5.74, 6) is 0. The second-order valence-electron chi connectivity index (χ2n) is 2.29. The lowest BCUT2D eigenvalue weighted by molar-refractivity contribution is 0.678. The van der Waals surface area contributed by atoms with Crippen molar-refractivity contribution in [2.75, 3.05) is 7.05 Å². The molecule has 0 fully saturated rings. The first kappa shape index (κ1) is 12.3. The highest BCUT2D eigenvalue weighted by molar-refractivity contribution is 7.83. The summed E-state index contributed by atoms with van der Waals surface area (Å²) in [6.07, 6.45) is 0. The molecule has 0 radical (unpaired) electrons. The monoisotopic (exact) mass is 199 g/mol. The largest absolute Gasteiger partial charge is 0.238 e. The molecule has 0 aromatic heterocycles. The van der Waals surface area contributed by atoms with Gasteiger partial charge in [-0.15, -0.1) is 0 Å². The summed E-state index contributed by atoms with van der Waals surface area (Å²) in [6, 6.07) is 7.62. The molecule has 13 heavy (non-hydrogen) atoms. The zero-order valence-corrected chi connectivity index (χ0v) is 9.44. The fourth-order valence-corrected chi connectivity index (χ4v) is 1.40. The lowest BCUT2D eigenvalue weighted by Gasteiger charge is -1.98. The summed E-state index contributed by atoms with van der Waals surface area (Å²) in [5.41, 5.74) is 1.18. The first-order valence-corrected chi connectivity index (χ1v) is 5.55. The molecule has 1 rings (SSSR count). The molecule has 0 bridgehead atoms. The van der Waals surface area contributed by atoms with Crippen molar-refractivity contribution in [2.24, 2.45) is 0 Å². The Labute approximate surface area is 83.0 Å². The first-order chi connectivity index (χ1) is 6.24. The standard InChI is InChI=1S/C8H11NOS.C2H6/c1-7-3-5-8(6-4-7)11(10)9-2;1-2/h3-6,9H,1-2H3;1-2H3. The maximum atomic E-state index is 11.1. The Bertz CT molecular complexity index is 256. The van der Waals surface area contributed by atoms with Crippen molar-refractivity contribution in [3.63, 3.8) is 0 Å². The number of nitrogens with one attached hydrogen (secondary N) is 1. The molecule has 1 unspecified atom stereocenters. The Balaban J connectivity index is 0.000000671. The van der Waals surface area contributed by atoms with Gasteiger partial charge in [0.05, 0.1) is 4.90 Å². The van der Waals surface area contributed by atoms with Gasteiger partial charge >= 0.3 is 0 Å². The molecule has 0 saturated heterocycles. The Kier molecular flexibility index (Phi) is 6.45. The van der Waals surface area contributed by atoms with E-state index in [-0.39, 0.29) is 0 Å². The van der Waals surface area contributed by atoms with E-state index in [4.69, 9.17) is 0 Å². The van der Waals surface area contributed by atoms with E-state index < -0.39 is 11.0 Å². The van der Waals surface area contributed by atoms with Crippen molar-refractivity contribution in [2.45, 2.75) is 25.7 Å². The summed E-state index contributed by atoms with van der Waals surface area (Å²) < 4.78 is 13.8. The molecule has 1 atom stereocenters. The lowest BCUT2D eigenvalue weighted by atomic mass is 10.2. The van der Waals surface area contributed by atoms with E-state index in [1.165, 1.54) is 5.56 Å². The zero-order valence-electron chi connectivity index (χ0n) is 8.63. The van der Waals surface area contributed by atoms with Crippen LogP contribution in [-0.4, -0.2) is 11.3 Å². The van der Waals surface area contributed by atoms with Gasteiger partial charge in [-0.3, -0.25) is 0 Å². The summed E-state index contributed by atoms with van der Waals surface area (Å²) in [7, 11) is 0.628. The average molecular weight is 199 g/mol. The van der Waals surface area contributed by atoms with Crippen LogP contribution in [0.15, 0.2) is 29.2 Å². The van der Waals surface area contributed by atoms with Gasteiger partial charge in [0.2, 0.25) is 0 Å². The van der Waals surface area contributed by atoms with Gasteiger partial charge in [0, 0.05) is 0 Å². The Morgan fingerprint density at radius 2 is 1.62 bits per heavy atom. The van der Waals surface area contributed by atoms with E-state index in [0.717, 1.165) is 4.90 Å². The number of aryl methyl sites for hydroxylation is 1. The van der Waals surface area contributed by atoms with E-state index in [1.807, 2.05) is 45.0 Å². The van der Waals surface area contributed by atoms with E-state index in [9.17, 15) is 4.21 Å². The van der Waals surface area contributed by atoms with E-state index >= 15 is 0 Å². The minimum atomic E-state index is -1.05. The molecular weight excluding hydrogens is 182 g/mol. The molecule has 0 aliphatic heterocycles. The van der Waals surface area contributed by atoms with E-state index in [0.29, 0.717) is 0 Å². The predicted octanol–water partition coefficient (Wildman–Crippen LogP) is 2.26. The third-order valence-corrected chi connectivity index (χ3v) is 2.49. The molecule has 0 heterocycles. The molecule has 0 saturated carbocycles. The topological polar surface area (TPSA) is 29.1 Å². The summed E-state index contributed by atoms with van der Waals surface area (Å²) >= 11 is 0. The predicted molar refractivity (Wildman–Crippen MR) is 58.0 cm³/mol. The highest BCUT2D eigenvalue weighted by atomic mass is 32.2. The van der Waals surface area contributed by atoms with Crippen molar-refractivity contribution in [1.82, 2.24) is 4.72 Å². The Morgan fingerprint density at radius 1 is 1.15 bits per heavy atom. The van der Waals surface area contributed by atoms with Crippen molar-refractivity contribution < 1.29 is 4.21 Å². The molecule has 1 aromatic carbocycles. The van der Waals surface area contributed by atoms with Crippen LogP contribution in [0.25, 0.3) is 0 Å². The summed E-state index contributed by atoms with van der Waals surface area (Å²) in [6.45, 7) is 6.01. The molecule has 2 nitrogen and oxygen atoms in total. The number of benzene rings is 1. The molecule has 0 aliphatic rings. The molecule has 0 aliphatic carbocycles. The van der Waals surface area contributed by atoms with Gasteiger partial charge in [-0.25, -0.2) is 8.93 Å². The minimum absolute atomic E-state index is 0.818. The van der Waals surface area contributed by atoms with Crippen LogP contribution in [0.1, 0.15) is 19.4 Å². The van der Waals surface area contributed by atoms with Crippen LogP contribution in [-0.2, 0) is 11.0 Å². The second-order valence-corrected chi connectivity index (χ2v) is 3.70. The van der Waals surface area contributed by atoms with Crippen molar-refractivity contribution >= 4 is 11.0 Å². The Morgan fingerprint density at radius 3 is 2.00 bits per heavy atom. The third kappa shape index (κ3) is 4.20. The molecule has 1 N–H and O–H groups in total. The van der Waals surface area contributed by atoms with Gasteiger partial charge in [-0.2, -0.15) is 0 Å². The maximum Gasteiger partial charge on any atom is 0.124 e.